The number of rotatable bonds is 5. The first-order valence-electron chi connectivity index (χ1n) is 11.1. The predicted molar refractivity (Wildman–Crippen MR) is 122 cm³/mol. The first-order valence-corrected chi connectivity index (χ1v) is 11.1. The van der Waals surface area contributed by atoms with E-state index in [1.54, 1.807) is 0 Å². The van der Waals surface area contributed by atoms with Gasteiger partial charge in [-0.25, -0.2) is 4.98 Å². The molecule has 0 atom stereocenters. The van der Waals surface area contributed by atoms with Crippen LogP contribution in [0.15, 0.2) is 42.6 Å². The Bertz CT molecular complexity index is 1130. The van der Waals surface area contributed by atoms with Crippen LogP contribution in [-0.4, -0.2) is 42.0 Å². The fourth-order valence-corrected chi connectivity index (χ4v) is 5.00. The van der Waals surface area contributed by atoms with Crippen LogP contribution < -0.4 is 10.2 Å². The van der Waals surface area contributed by atoms with Gasteiger partial charge in [0.25, 0.3) is 0 Å². The molecule has 1 saturated carbocycles. The van der Waals surface area contributed by atoms with Crippen LogP contribution in [0.3, 0.4) is 0 Å². The van der Waals surface area contributed by atoms with E-state index in [1.807, 2.05) is 25.4 Å². The number of nitrogens with one attached hydrogen (secondary N) is 1. The first-order chi connectivity index (χ1) is 15.2. The van der Waals surface area contributed by atoms with E-state index in [0.29, 0.717) is 23.6 Å². The van der Waals surface area contributed by atoms with E-state index < -0.39 is 0 Å². The maximum Gasteiger partial charge on any atom is 0.150 e. The minimum atomic E-state index is 0.407. The van der Waals surface area contributed by atoms with E-state index in [-0.39, 0.29) is 0 Å². The fraction of sp³-hybridized carbons (Fsp3) is 0.400. The van der Waals surface area contributed by atoms with Crippen LogP contribution in [0.1, 0.15) is 59.1 Å². The normalized spacial score (nSPS) is 21.6. The zero-order chi connectivity index (χ0) is 21.4. The number of pyridine rings is 1. The van der Waals surface area contributed by atoms with Crippen molar-refractivity contribution >= 4 is 23.1 Å². The Morgan fingerprint density at radius 2 is 1.87 bits per heavy atom. The van der Waals surface area contributed by atoms with E-state index >= 15 is 0 Å². The van der Waals surface area contributed by atoms with Crippen molar-refractivity contribution in [2.45, 2.75) is 43.7 Å². The van der Waals surface area contributed by atoms with Gasteiger partial charge in [0.05, 0.1) is 5.56 Å². The topological polar surface area (TPSA) is 74.0 Å². The number of nitriles is 1. The van der Waals surface area contributed by atoms with Gasteiger partial charge in [0, 0.05) is 42.3 Å². The van der Waals surface area contributed by atoms with Gasteiger partial charge in [-0.3, -0.25) is 4.79 Å². The summed E-state index contributed by atoms with van der Waals surface area (Å²) in [6.45, 7) is 1.91. The van der Waals surface area contributed by atoms with Gasteiger partial charge in [-0.2, -0.15) is 5.26 Å². The number of hydrogen-bond donors (Lipinski definition) is 1. The molecule has 1 aliphatic carbocycles. The third kappa shape index (κ3) is 3.60. The zero-order valence-electron chi connectivity index (χ0n) is 17.8. The summed E-state index contributed by atoms with van der Waals surface area (Å²) in [5.41, 5.74) is 3.68. The standard InChI is InChI=1S/C25H27N5O/c1-27-21-12-22(13-21)30-15-20(14-26)23-6-7-24(28-25(23)30)29-10-8-19(9-11-29)18-4-2-17(16-31)3-5-18/h2-7,15-16,19,21-22,27H,8-13H2,1H3. The lowest BCUT2D eigenvalue weighted by molar-refractivity contribution is 0.112. The molecule has 0 radical (unpaired) electrons. The minimum Gasteiger partial charge on any atom is -0.357 e. The molecule has 1 aromatic carbocycles. The highest BCUT2D eigenvalue weighted by molar-refractivity contribution is 5.85. The third-order valence-electron chi connectivity index (χ3n) is 7.06. The van der Waals surface area contributed by atoms with Crippen molar-refractivity contribution in [2.75, 3.05) is 25.0 Å². The molecule has 0 amide bonds. The molecule has 2 fully saturated rings. The molecule has 2 aromatic heterocycles. The quantitative estimate of drug-likeness (QED) is 0.640. The molecular weight excluding hydrogens is 386 g/mol. The van der Waals surface area contributed by atoms with Crippen molar-refractivity contribution in [1.29, 1.82) is 5.26 Å². The second-order valence-corrected chi connectivity index (χ2v) is 8.76. The molecule has 158 valence electrons. The highest BCUT2D eigenvalue weighted by Crippen LogP contribution is 2.37. The third-order valence-corrected chi connectivity index (χ3v) is 7.06. The molecule has 1 saturated heterocycles. The molecule has 0 bridgehead atoms. The number of aldehydes is 1. The summed E-state index contributed by atoms with van der Waals surface area (Å²) in [5.74, 6) is 1.51. The van der Waals surface area contributed by atoms with Gasteiger partial charge in [-0.15, -0.1) is 0 Å². The summed E-state index contributed by atoms with van der Waals surface area (Å²) < 4.78 is 2.21. The Morgan fingerprint density at radius 3 is 2.52 bits per heavy atom. The Morgan fingerprint density at radius 1 is 1.13 bits per heavy atom. The van der Waals surface area contributed by atoms with E-state index in [9.17, 15) is 10.1 Å². The van der Waals surface area contributed by atoms with E-state index in [2.05, 4.69) is 45.1 Å². The molecule has 6 heteroatoms. The van der Waals surface area contributed by atoms with Gasteiger partial charge < -0.3 is 14.8 Å². The highest BCUT2D eigenvalue weighted by Gasteiger charge is 2.31. The van der Waals surface area contributed by atoms with Crippen LogP contribution in [0, 0.1) is 11.3 Å². The number of nitrogens with zero attached hydrogens (tertiary/aromatic N) is 4. The number of carbonyl (C=O) groups is 1. The molecule has 31 heavy (non-hydrogen) atoms. The van der Waals surface area contributed by atoms with Gasteiger partial charge in [-0.05, 0) is 56.3 Å². The van der Waals surface area contributed by atoms with Crippen LogP contribution in [0.5, 0.6) is 0 Å². The molecular formula is C25H27N5O. The van der Waals surface area contributed by atoms with E-state index in [0.717, 1.165) is 67.5 Å². The van der Waals surface area contributed by atoms with E-state index in [1.165, 1.54) is 5.56 Å². The van der Waals surface area contributed by atoms with Crippen LogP contribution in [0.25, 0.3) is 11.0 Å². The number of aromatic nitrogens is 2. The lowest BCUT2D eigenvalue weighted by atomic mass is 9.87. The van der Waals surface area contributed by atoms with Gasteiger partial charge in [0.2, 0.25) is 0 Å². The number of anilines is 1. The summed E-state index contributed by atoms with van der Waals surface area (Å²) >= 11 is 0. The van der Waals surface area contributed by atoms with Gasteiger partial charge in [-0.1, -0.05) is 24.3 Å². The molecule has 0 spiro atoms. The van der Waals surface area contributed by atoms with Gasteiger partial charge in [0.15, 0.2) is 0 Å². The highest BCUT2D eigenvalue weighted by atomic mass is 16.1. The summed E-state index contributed by atoms with van der Waals surface area (Å²) in [7, 11) is 2.01. The van der Waals surface area contributed by atoms with Crippen molar-refractivity contribution in [3.05, 3.63) is 59.3 Å². The second-order valence-electron chi connectivity index (χ2n) is 8.76. The van der Waals surface area contributed by atoms with Gasteiger partial charge in [0.1, 0.15) is 23.8 Å². The SMILES string of the molecule is CNC1CC(n2cc(C#N)c3ccc(N4CCC(c5ccc(C=O)cc5)CC4)nc32)C1. The molecule has 1 N–H and O–H groups in total. The molecule has 5 rings (SSSR count). The van der Waals surface area contributed by atoms with Crippen LogP contribution >= 0.6 is 0 Å². The Hall–Kier alpha value is -3.17. The Kier molecular flexibility index (Phi) is 5.21. The summed E-state index contributed by atoms with van der Waals surface area (Å²) in [4.78, 5) is 18.3. The van der Waals surface area contributed by atoms with Crippen LogP contribution in [-0.2, 0) is 0 Å². The van der Waals surface area contributed by atoms with Gasteiger partial charge >= 0.3 is 0 Å². The van der Waals surface area contributed by atoms with Crippen molar-refractivity contribution in [3.8, 4) is 6.07 Å². The van der Waals surface area contributed by atoms with Crippen molar-refractivity contribution in [3.63, 3.8) is 0 Å². The van der Waals surface area contributed by atoms with Crippen LogP contribution in [0.2, 0.25) is 0 Å². The van der Waals surface area contributed by atoms with Crippen molar-refractivity contribution < 1.29 is 4.79 Å². The lowest BCUT2D eigenvalue weighted by Gasteiger charge is -2.36. The Labute approximate surface area is 182 Å². The number of benzene rings is 1. The van der Waals surface area contributed by atoms with Crippen LogP contribution in [0.4, 0.5) is 5.82 Å². The van der Waals surface area contributed by atoms with Crippen molar-refractivity contribution in [2.24, 2.45) is 0 Å². The monoisotopic (exact) mass is 413 g/mol. The molecule has 1 aliphatic heterocycles. The largest absolute Gasteiger partial charge is 0.357 e. The summed E-state index contributed by atoms with van der Waals surface area (Å²) in [6.07, 6.45) is 7.16. The number of carbonyl (C=O) groups excluding carboxylic acids is 1. The minimum absolute atomic E-state index is 0.407. The average molecular weight is 414 g/mol. The van der Waals surface area contributed by atoms with E-state index in [4.69, 9.17) is 4.98 Å². The lowest BCUT2D eigenvalue weighted by Crippen LogP contribution is -2.40. The maximum atomic E-state index is 10.9. The molecule has 6 nitrogen and oxygen atoms in total. The van der Waals surface area contributed by atoms with Crippen molar-refractivity contribution in [1.82, 2.24) is 14.9 Å². The zero-order valence-corrected chi connectivity index (χ0v) is 17.8. The predicted octanol–water partition coefficient (Wildman–Crippen LogP) is 4.03. The first kappa shape index (κ1) is 19.8. The fourth-order valence-electron chi connectivity index (χ4n) is 5.00. The number of hydrogen-bond acceptors (Lipinski definition) is 5. The number of piperidine rings is 1. The second kappa shape index (κ2) is 8.16. The molecule has 3 aromatic rings. The maximum absolute atomic E-state index is 10.9. The summed E-state index contributed by atoms with van der Waals surface area (Å²) in [5, 5.41) is 13.9. The smallest absolute Gasteiger partial charge is 0.150 e. The number of fused-ring (bicyclic) bond motifs is 1. The molecule has 2 aliphatic rings. The Balaban J connectivity index is 1.35. The molecule has 3 heterocycles. The molecule has 0 unspecified atom stereocenters. The summed E-state index contributed by atoms with van der Waals surface area (Å²) in [6, 6.07) is 15.4. The average Bonchev–Trinajstić information content (AvgIpc) is 3.16.